The van der Waals surface area contributed by atoms with Gasteiger partial charge in [0.25, 0.3) is 0 Å². The van der Waals surface area contributed by atoms with Crippen molar-refractivity contribution in [2.24, 2.45) is 0 Å². The average Bonchev–Trinajstić information content (AvgIpc) is 3.94. The lowest BCUT2D eigenvalue weighted by Crippen LogP contribution is -1.92. The summed E-state index contributed by atoms with van der Waals surface area (Å²) in [4.78, 5) is 0. The molecule has 0 radical (unpaired) electrons. The quantitative estimate of drug-likeness (QED) is 0.177. The lowest BCUT2D eigenvalue weighted by atomic mass is 9.83. The largest absolute Gasteiger partial charge is 0.452 e. The van der Waals surface area contributed by atoms with Crippen LogP contribution in [0.3, 0.4) is 0 Å². The number of hydrogen-bond donors (Lipinski definition) is 0. The summed E-state index contributed by atoms with van der Waals surface area (Å²) in [5, 5.41) is 0.570. The van der Waals surface area contributed by atoms with Crippen LogP contribution < -0.4 is 0 Å². The van der Waals surface area contributed by atoms with Gasteiger partial charge in [-0.25, -0.2) is 0 Å². The fourth-order valence-corrected chi connectivity index (χ4v) is 7.00. The molecule has 9 aromatic carbocycles. The Morgan fingerprint density at radius 1 is 0.380 bits per heavy atom. The summed E-state index contributed by atoms with van der Waals surface area (Å²) >= 11 is 0. The van der Waals surface area contributed by atoms with Crippen molar-refractivity contribution in [1.29, 1.82) is 0 Å². The SMILES string of the molecule is [2H]c1cc([2H])c2oc3c4oc5c([2H])c([2H])c([2H])c([2H])c5c4c(-c4c5ccccc5c(-c5c([2H])c([2H])c([2H])c6c([2H])c(-c7c([2H])c([2H])c([2H])c([2H])c7[2H])c([2H])c([2H])c56)c5ccccc45)c([2H])c3c2c1[2H]. The number of benzene rings is 9. The zero-order valence-corrected chi connectivity index (χ0v) is 25.5. The van der Waals surface area contributed by atoms with Crippen LogP contribution in [-0.4, -0.2) is 0 Å². The average molecular weight is 656 g/mol. The second kappa shape index (κ2) is 10.4. The topological polar surface area (TPSA) is 26.3 Å². The van der Waals surface area contributed by atoms with Crippen LogP contribution in [-0.2, 0) is 0 Å². The molecule has 0 aliphatic rings. The molecule has 0 aliphatic heterocycles. The molecular weight excluding hydrogens is 609 g/mol. The molecule has 0 atom stereocenters. The van der Waals surface area contributed by atoms with Gasteiger partial charge in [0.15, 0.2) is 11.2 Å². The number of rotatable bonds is 3. The number of para-hydroxylation sites is 2. The van der Waals surface area contributed by atoms with Crippen LogP contribution in [0.15, 0.2) is 178 Å². The van der Waals surface area contributed by atoms with E-state index in [0.717, 1.165) is 6.07 Å². The number of fused-ring (bicyclic) bond motifs is 10. The lowest BCUT2D eigenvalue weighted by molar-refractivity contribution is 0.633. The van der Waals surface area contributed by atoms with Crippen LogP contribution in [0.1, 0.15) is 26.0 Å². The van der Waals surface area contributed by atoms with E-state index in [9.17, 15) is 8.22 Å². The first-order valence-corrected chi connectivity index (χ1v) is 15.5. The Kier molecular flexibility index (Phi) is 3.10. The molecule has 232 valence electrons. The third-order valence-electron chi connectivity index (χ3n) is 9.04. The van der Waals surface area contributed by atoms with Crippen molar-refractivity contribution < 1.29 is 34.9 Å². The predicted octanol–water partition coefficient (Wildman–Crippen LogP) is 13.9. The van der Waals surface area contributed by atoms with Crippen LogP contribution in [0.2, 0.25) is 0 Å². The molecule has 11 aromatic rings. The highest BCUT2D eigenvalue weighted by Gasteiger charge is 2.24. The molecule has 2 aromatic heterocycles. The van der Waals surface area contributed by atoms with Gasteiger partial charge >= 0.3 is 0 Å². The molecule has 2 heterocycles. The first-order valence-electron chi connectivity index (χ1n) is 25.0. The molecule has 0 unspecified atom stereocenters. The third kappa shape index (κ3) is 3.85. The molecule has 11 rings (SSSR count). The van der Waals surface area contributed by atoms with Crippen molar-refractivity contribution in [2.75, 3.05) is 0 Å². The van der Waals surface area contributed by atoms with Crippen LogP contribution in [0.5, 0.6) is 0 Å². The van der Waals surface area contributed by atoms with E-state index >= 15 is 0 Å². The maximum Gasteiger partial charge on any atom is 0.179 e. The van der Waals surface area contributed by atoms with Gasteiger partial charge in [-0.3, -0.25) is 0 Å². The fourth-order valence-electron chi connectivity index (χ4n) is 7.00. The summed E-state index contributed by atoms with van der Waals surface area (Å²) in [7, 11) is 0. The Labute approximate surface area is 314 Å². The Morgan fingerprint density at radius 2 is 1.04 bits per heavy atom. The van der Waals surface area contributed by atoms with E-state index in [4.69, 9.17) is 26.7 Å². The summed E-state index contributed by atoms with van der Waals surface area (Å²) in [6, 6.07) is 3.48. The second-order valence-electron chi connectivity index (χ2n) is 11.7. The predicted molar refractivity (Wildman–Crippen MR) is 210 cm³/mol. The summed E-state index contributed by atoms with van der Waals surface area (Å²) in [5.74, 6) is 0. The highest BCUT2D eigenvalue weighted by molar-refractivity contribution is 6.30. The van der Waals surface area contributed by atoms with Gasteiger partial charge in [-0.05, 0) is 89.9 Å². The minimum absolute atomic E-state index is 0.0318. The first-order chi connectivity index (χ1) is 32.7. The van der Waals surface area contributed by atoms with E-state index in [2.05, 4.69) is 0 Å². The molecular formula is C48H28O2. The molecule has 0 fully saturated rings. The minimum atomic E-state index is -0.747. The van der Waals surface area contributed by atoms with Crippen LogP contribution >= 0.6 is 0 Å². The summed E-state index contributed by atoms with van der Waals surface area (Å²) in [5.41, 5.74) is -1.31. The van der Waals surface area contributed by atoms with Gasteiger partial charge in [-0.1, -0.05) is 145 Å². The smallest absolute Gasteiger partial charge is 0.179 e. The van der Waals surface area contributed by atoms with Crippen LogP contribution in [0, 0.1) is 0 Å². The maximum absolute atomic E-state index is 10.1. The Bertz CT molecular complexity index is 4160. The molecule has 0 spiro atoms. The second-order valence-corrected chi connectivity index (χ2v) is 11.7. The van der Waals surface area contributed by atoms with Crippen molar-refractivity contribution >= 4 is 76.2 Å². The van der Waals surface area contributed by atoms with E-state index in [1.807, 2.05) is 0 Å². The van der Waals surface area contributed by atoms with E-state index in [0.29, 0.717) is 27.1 Å². The molecule has 2 heteroatoms. The maximum atomic E-state index is 10.1. The standard InChI is InChI=1S/C48H28O2/c1-2-13-29(14-3-1)30-25-26-32-31(27-30)15-12-22-34(32)44-35-17-4-6-19-37(35)45(38-20-7-5-18-36(38)44)41-28-40-33-16-8-10-23-42(33)49-47(40)48-46(41)39-21-9-11-24-43(39)50-48/h1-28H/i1D,2D,3D,8D,9D,11D,12D,13D,14D,15D,16D,21D,22D,23D,24D,25D,26D,27D,28D. The lowest BCUT2D eigenvalue weighted by Gasteiger charge is -2.19. The molecule has 2 nitrogen and oxygen atoms in total. The Balaban J connectivity index is 1.36. The van der Waals surface area contributed by atoms with Gasteiger partial charge in [0.05, 0.1) is 26.0 Å². The fraction of sp³-hybridized carbons (Fsp3) is 0. The summed E-state index contributed by atoms with van der Waals surface area (Å²) < 4.78 is 182. The van der Waals surface area contributed by atoms with Gasteiger partial charge in [-0.2, -0.15) is 0 Å². The number of furan rings is 2. The molecule has 0 aliphatic carbocycles. The van der Waals surface area contributed by atoms with Crippen LogP contribution in [0.25, 0.3) is 110 Å². The van der Waals surface area contributed by atoms with E-state index in [1.165, 1.54) is 0 Å². The molecule has 0 N–H and O–H groups in total. The summed E-state index contributed by atoms with van der Waals surface area (Å²) in [6.07, 6.45) is 0. The van der Waals surface area contributed by atoms with Gasteiger partial charge in [0.1, 0.15) is 11.2 Å². The highest BCUT2D eigenvalue weighted by atomic mass is 16.4. The van der Waals surface area contributed by atoms with Gasteiger partial charge in [-0.15, -0.1) is 0 Å². The Morgan fingerprint density at radius 3 is 1.82 bits per heavy atom. The van der Waals surface area contributed by atoms with Gasteiger partial charge in [0.2, 0.25) is 0 Å². The first kappa shape index (κ1) is 14.9. The van der Waals surface area contributed by atoms with E-state index in [-0.39, 0.29) is 95.5 Å². The zero-order valence-electron chi connectivity index (χ0n) is 44.5. The monoisotopic (exact) mass is 655 g/mol. The number of hydrogen-bond acceptors (Lipinski definition) is 2. The van der Waals surface area contributed by atoms with Crippen molar-refractivity contribution in [2.45, 2.75) is 0 Å². The van der Waals surface area contributed by atoms with E-state index < -0.39 is 102 Å². The van der Waals surface area contributed by atoms with Gasteiger partial charge in [0, 0.05) is 21.5 Å². The van der Waals surface area contributed by atoms with E-state index in [1.54, 1.807) is 48.5 Å². The highest BCUT2D eigenvalue weighted by Crippen LogP contribution is 2.50. The molecule has 50 heavy (non-hydrogen) atoms. The van der Waals surface area contributed by atoms with Crippen molar-refractivity contribution in [3.63, 3.8) is 0 Å². The third-order valence-corrected chi connectivity index (χ3v) is 9.04. The Hall–Kier alpha value is -6.64. The molecule has 0 saturated carbocycles. The molecule has 0 amide bonds. The van der Waals surface area contributed by atoms with Gasteiger partial charge < -0.3 is 8.83 Å². The van der Waals surface area contributed by atoms with Crippen molar-refractivity contribution in [3.8, 4) is 33.4 Å². The normalized spacial score (nSPS) is 17.3. The molecule has 0 saturated heterocycles. The minimum Gasteiger partial charge on any atom is -0.452 e. The zero-order chi connectivity index (χ0) is 49.3. The summed E-state index contributed by atoms with van der Waals surface area (Å²) in [6.45, 7) is 0. The van der Waals surface area contributed by atoms with Crippen LogP contribution in [0.4, 0.5) is 0 Å². The van der Waals surface area contributed by atoms with Crippen molar-refractivity contribution in [3.05, 3.63) is 169 Å². The van der Waals surface area contributed by atoms with Crippen molar-refractivity contribution in [1.82, 2.24) is 0 Å². The molecule has 0 bridgehead atoms.